The van der Waals surface area contributed by atoms with Gasteiger partial charge in [-0.2, -0.15) is 5.10 Å². The third-order valence-electron chi connectivity index (χ3n) is 5.09. The molecular formula is C16H26N4O. The van der Waals surface area contributed by atoms with Gasteiger partial charge in [0.05, 0.1) is 12.3 Å². The maximum Gasteiger partial charge on any atom is 0.0717 e. The molecule has 1 saturated carbocycles. The third kappa shape index (κ3) is 3.30. The van der Waals surface area contributed by atoms with E-state index >= 15 is 0 Å². The number of nitrogens with zero attached hydrogens (tertiary/aromatic N) is 4. The normalized spacial score (nSPS) is 30.7. The van der Waals surface area contributed by atoms with E-state index in [0.29, 0.717) is 12.1 Å². The highest BCUT2D eigenvalue weighted by Crippen LogP contribution is 2.31. The van der Waals surface area contributed by atoms with Crippen molar-refractivity contribution in [1.82, 2.24) is 19.6 Å². The summed E-state index contributed by atoms with van der Waals surface area (Å²) in [5.41, 5.74) is 1.32. The second kappa shape index (κ2) is 5.71. The second-order valence-corrected chi connectivity index (χ2v) is 7.04. The molecule has 3 fully saturated rings. The molecule has 4 rings (SSSR count). The molecule has 0 radical (unpaired) electrons. The summed E-state index contributed by atoms with van der Waals surface area (Å²) in [6, 6.07) is 0.694. The third-order valence-corrected chi connectivity index (χ3v) is 5.09. The van der Waals surface area contributed by atoms with E-state index in [4.69, 9.17) is 4.74 Å². The van der Waals surface area contributed by atoms with Gasteiger partial charge in [-0.05, 0) is 25.2 Å². The molecule has 1 aromatic heterocycles. The van der Waals surface area contributed by atoms with Crippen molar-refractivity contribution in [2.24, 2.45) is 13.0 Å². The Hall–Kier alpha value is -0.910. The predicted molar refractivity (Wildman–Crippen MR) is 80.9 cm³/mol. The van der Waals surface area contributed by atoms with Gasteiger partial charge in [0.2, 0.25) is 0 Å². The molecule has 21 heavy (non-hydrogen) atoms. The fraction of sp³-hybridized carbons (Fsp3) is 0.812. The Morgan fingerprint density at radius 3 is 2.95 bits per heavy atom. The summed E-state index contributed by atoms with van der Waals surface area (Å²) < 4.78 is 7.99. The molecule has 5 nitrogen and oxygen atoms in total. The fourth-order valence-corrected chi connectivity index (χ4v) is 3.69. The van der Waals surface area contributed by atoms with Crippen LogP contribution in [0, 0.1) is 5.92 Å². The van der Waals surface area contributed by atoms with Crippen LogP contribution in [0.1, 0.15) is 24.8 Å². The van der Waals surface area contributed by atoms with E-state index in [0.717, 1.165) is 25.6 Å². The molecule has 2 aliphatic heterocycles. The van der Waals surface area contributed by atoms with Crippen LogP contribution in [0.15, 0.2) is 12.4 Å². The van der Waals surface area contributed by atoms with Gasteiger partial charge in [-0.1, -0.05) is 0 Å². The Balaban J connectivity index is 1.28. The van der Waals surface area contributed by atoms with Gasteiger partial charge < -0.3 is 4.74 Å². The molecule has 0 N–H and O–H groups in total. The van der Waals surface area contributed by atoms with E-state index < -0.39 is 0 Å². The highest BCUT2D eigenvalue weighted by Gasteiger charge is 2.37. The number of rotatable bonds is 5. The van der Waals surface area contributed by atoms with Crippen molar-refractivity contribution in [2.45, 2.75) is 38.0 Å². The first-order valence-electron chi connectivity index (χ1n) is 8.32. The number of aromatic nitrogens is 2. The van der Waals surface area contributed by atoms with Gasteiger partial charge in [0.25, 0.3) is 0 Å². The van der Waals surface area contributed by atoms with Crippen LogP contribution in [0.3, 0.4) is 0 Å². The lowest BCUT2D eigenvalue weighted by molar-refractivity contribution is 0.0508. The van der Waals surface area contributed by atoms with Gasteiger partial charge in [0.15, 0.2) is 0 Å². The zero-order chi connectivity index (χ0) is 14.2. The molecule has 1 aliphatic carbocycles. The van der Waals surface area contributed by atoms with E-state index in [2.05, 4.69) is 21.1 Å². The zero-order valence-electron chi connectivity index (χ0n) is 12.9. The summed E-state index contributed by atoms with van der Waals surface area (Å²) in [7, 11) is 1.99. The molecule has 1 aromatic rings. The SMILES string of the molecule is Cn1cc(CN2CCN3C[C@@H](OCC4CC4)C[C@@H]3C2)cn1. The first kappa shape index (κ1) is 13.7. The summed E-state index contributed by atoms with van der Waals surface area (Å²) in [6.45, 7) is 6.72. The molecular weight excluding hydrogens is 264 g/mol. The van der Waals surface area contributed by atoms with Crippen molar-refractivity contribution in [3.05, 3.63) is 18.0 Å². The van der Waals surface area contributed by atoms with Crippen LogP contribution in [0.4, 0.5) is 0 Å². The maximum atomic E-state index is 6.10. The molecule has 0 spiro atoms. The Kier molecular flexibility index (Phi) is 3.73. The lowest BCUT2D eigenvalue weighted by Gasteiger charge is -2.37. The Morgan fingerprint density at radius 2 is 2.19 bits per heavy atom. The van der Waals surface area contributed by atoms with E-state index in [1.54, 1.807) is 0 Å². The number of aryl methyl sites for hydroxylation is 1. The number of fused-ring (bicyclic) bond motifs is 1. The molecule has 0 bridgehead atoms. The minimum atomic E-state index is 0.481. The Morgan fingerprint density at radius 1 is 1.29 bits per heavy atom. The predicted octanol–water partition coefficient (Wildman–Crippen LogP) is 1.11. The van der Waals surface area contributed by atoms with Crippen LogP contribution in [0.2, 0.25) is 0 Å². The summed E-state index contributed by atoms with van der Waals surface area (Å²) in [4.78, 5) is 5.21. The van der Waals surface area contributed by atoms with Crippen LogP contribution in [0.25, 0.3) is 0 Å². The summed E-state index contributed by atoms with van der Waals surface area (Å²) >= 11 is 0. The van der Waals surface area contributed by atoms with Crippen LogP contribution >= 0.6 is 0 Å². The maximum absolute atomic E-state index is 6.10. The van der Waals surface area contributed by atoms with Gasteiger partial charge in [-0.3, -0.25) is 14.5 Å². The average Bonchev–Trinajstić information content (AvgIpc) is 3.08. The Labute approximate surface area is 126 Å². The van der Waals surface area contributed by atoms with Crippen LogP contribution in [0.5, 0.6) is 0 Å². The quantitative estimate of drug-likeness (QED) is 0.813. The average molecular weight is 290 g/mol. The number of ether oxygens (including phenoxy) is 1. The smallest absolute Gasteiger partial charge is 0.0717 e. The molecule has 0 amide bonds. The second-order valence-electron chi connectivity index (χ2n) is 7.04. The highest BCUT2D eigenvalue weighted by atomic mass is 16.5. The topological polar surface area (TPSA) is 33.5 Å². The number of hydrogen-bond acceptors (Lipinski definition) is 4. The molecule has 0 aromatic carbocycles. The summed E-state index contributed by atoms with van der Waals surface area (Å²) in [6.07, 6.45) is 8.59. The first-order valence-corrected chi connectivity index (χ1v) is 8.32. The lowest BCUT2D eigenvalue weighted by atomic mass is 10.1. The molecule has 2 saturated heterocycles. The molecule has 116 valence electrons. The minimum Gasteiger partial charge on any atom is -0.377 e. The van der Waals surface area contributed by atoms with Crippen LogP contribution < -0.4 is 0 Å². The van der Waals surface area contributed by atoms with E-state index in [1.165, 1.54) is 44.5 Å². The van der Waals surface area contributed by atoms with E-state index in [-0.39, 0.29) is 0 Å². The molecule has 3 heterocycles. The fourth-order valence-electron chi connectivity index (χ4n) is 3.69. The molecule has 2 atom stereocenters. The first-order chi connectivity index (χ1) is 10.3. The van der Waals surface area contributed by atoms with Gasteiger partial charge in [0, 0.05) is 64.2 Å². The highest BCUT2D eigenvalue weighted by molar-refractivity contribution is 5.04. The van der Waals surface area contributed by atoms with Gasteiger partial charge >= 0.3 is 0 Å². The molecule has 0 unspecified atom stereocenters. The largest absolute Gasteiger partial charge is 0.377 e. The zero-order valence-corrected chi connectivity index (χ0v) is 12.9. The van der Waals surface area contributed by atoms with Crippen molar-refractivity contribution < 1.29 is 4.74 Å². The standard InChI is InChI=1S/C16H26N4O/c1-18-8-14(7-17-18)9-19-4-5-20-11-16(6-15(20)10-19)21-12-13-2-3-13/h7-8,13,15-16H,2-6,9-12H2,1H3/t15-,16+/m1/s1. The van der Waals surface area contributed by atoms with Crippen molar-refractivity contribution >= 4 is 0 Å². The number of piperazine rings is 1. The van der Waals surface area contributed by atoms with E-state index in [9.17, 15) is 0 Å². The van der Waals surface area contributed by atoms with Gasteiger partial charge in [-0.15, -0.1) is 0 Å². The van der Waals surface area contributed by atoms with Gasteiger partial charge in [-0.25, -0.2) is 0 Å². The lowest BCUT2D eigenvalue weighted by Crippen LogP contribution is -2.49. The summed E-state index contributed by atoms with van der Waals surface area (Å²) in [5.74, 6) is 0.879. The van der Waals surface area contributed by atoms with Crippen molar-refractivity contribution in [3.8, 4) is 0 Å². The van der Waals surface area contributed by atoms with Crippen molar-refractivity contribution in [2.75, 3.05) is 32.8 Å². The Bertz CT molecular complexity index is 484. The number of hydrogen-bond donors (Lipinski definition) is 0. The van der Waals surface area contributed by atoms with Crippen molar-refractivity contribution in [3.63, 3.8) is 0 Å². The van der Waals surface area contributed by atoms with E-state index in [1.807, 2.05) is 17.9 Å². The molecule has 5 heteroatoms. The minimum absolute atomic E-state index is 0.481. The molecule has 3 aliphatic rings. The monoisotopic (exact) mass is 290 g/mol. The van der Waals surface area contributed by atoms with Crippen LogP contribution in [-0.2, 0) is 18.3 Å². The van der Waals surface area contributed by atoms with Crippen molar-refractivity contribution in [1.29, 1.82) is 0 Å². The van der Waals surface area contributed by atoms with Gasteiger partial charge in [0.1, 0.15) is 0 Å². The summed E-state index contributed by atoms with van der Waals surface area (Å²) in [5, 5.41) is 4.27. The van der Waals surface area contributed by atoms with Crippen LogP contribution in [-0.4, -0.2) is 64.5 Å².